The largest absolute Gasteiger partial charge is 0.481 e. The summed E-state index contributed by atoms with van der Waals surface area (Å²) in [5, 5.41) is 12.0. The monoisotopic (exact) mass is 223 g/mol. The predicted octanol–water partition coefficient (Wildman–Crippen LogP) is 1.18. The van der Waals surface area contributed by atoms with Gasteiger partial charge in [0.05, 0.1) is 11.8 Å². The van der Waals surface area contributed by atoms with E-state index in [4.69, 9.17) is 5.11 Å². The van der Waals surface area contributed by atoms with Crippen molar-refractivity contribution in [3.63, 3.8) is 0 Å². The molecule has 4 unspecified atom stereocenters. The van der Waals surface area contributed by atoms with Gasteiger partial charge in [-0.05, 0) is 25.2 Å². The molecule has 0 saturated heterocycles. The van der Waals surface area contributed by atoms with Crippen LogP contribution >= 0.6 is 0 Å². The molecule has 4 nitrogen and oxygen atoms in total. The van der Waals surface area contributed by atoms with Crippen molar-refractivity contribution in [2.75, 3.05) is 0 Å². The second-order valence-corrected chi connectivity index (χ2v) is 4.82. The van der Waals surface area contributed by atoms with Crippen LogP contribution in [0.1, 0.15) is 26.2 Å². The van der Waals surface area contributed by atoms with Crippen LogP contribution in [0.25, 0.3) is 0 Å². The van der Waals surface area contributed by atoms with Crippen molar-refractivity contribution in [2.24, 2.45) is 17.8 Å². The second-order valence-electron chi connectivity index (χ2n) is 4.82. The average molecular weight is 223 g/mol. The van der Waals surface area contributed by atoms with E-state index in [-0.39, 0.29) is 11.9 Å². The summed E-state index contributed by atoms with van der Waals surface area (Å²) in [5.74, 6) is -1.36. The summed E-state index contributed by atoms with van der Waals surface area (Å²) in [6.45, 7) is 2.08. The Morgan fingerprint density at radius 2 is 1.81 bits per heavy atom. The Hall–Kier alpha value is -1.32. The minimum Gasteiger partial charge on any atom is -0.481 e. The highest BCUT2D eigenvalue weighted by Crippen LogP contribution is 2.31. The SMILES string of the molecule is CC1CC1NC(=O)C1CC=CCC1C(=O)O. The lowest BCUT2D eigenvalue weighted by molar-refractivity contribution is -0.147. The molecule has 0 spiro atoms. The van der Waals surface area contributed by atoms with Gasteiger partial charge in [-0.1, -0.05) is 19.1 Å². The van der Waals surface area contributed by atoms with E-state index in [2.05, 4.69) is 12.2 Å². The van der Waals surface area contributed by atoms with Crippen molar-refractivity contribution in [2.45, 2.75) is 32.2 Å². The molecule has 0 aromatic heterocycles. The summed E-state index contributed by atoms with van der Waals surface area (Å²) in [7, 11) is 0. The van der Waals surface area contributed by atoms with Gasteiger partial charge in [0.15, 0.2) is 0 Å². The fourth-order valence-corrected chi connectivity index (χ4v) is 2.19. The first kappa shape index (κ1) is 11.2. The van der Waals surface area contributed by atoms with E-state index < -0.39 is 17.8 Å². The maximum absolute atomic E-state index is 11.9. The lowest BCUT2D eigenvalue weighted by atomic mass is 9.82. The summed E-state index contributed by atoms with van der Waals surface area (Å²) in [5.41, 5.74) is 0. The first-order chi connectivity index (χ1) is 7.59. The first-order valence-electron chi connectivity index (χ1n) is 5.77. The molecule has 0 bridgehead atoms. The van der Waals surface area contributed by atoms with Gasteiger partial charge >= 0.3 is 5.97 Å². The van der Waals surface area contributed by atoms with Crippen LogP contribution in [0, 0.1) is 17.8 Å². The molecule has 1 amide bonds. The minimum atomic E-state index is -0.867. The molecule has 4 heteroatoms. The lowest BCUT2D eigenvalue weighted by Gasteiger charge is -2.24. The second kappa shape index (κ2) is 4.28. The summed E-state index contributed by atoms with van der Waals surface area (Å²) in [6, 6.07) is 0.271. The summed E-state index contributed by atoms with van der Waals surface area (Å²) in [6.07, 6.45) is 5.78. The molecule has 88 valence electrons. The molecule has 1 fully saturated rings. The number of carboxylic acids is 1. The number of aliphatic carboxylic acids is 1. The number of rotatable bonds is 3. The smallest absolute Gasteiger partial charge is 0.307 e. The number of nitrogens with one attached hydrogen (secondary N) is 1. The van der Waals surface area contributed by atoms with Crippen molar-refractivity contribution in [1.29, 1.82) is 0 Å². The van der Waals surface area contributed by atoms with Gasteiger partial charge in [-0.2, -0.15) is 0 Å². The molecule has 0 aliphatic heterocycles. The van der Waals surface area contributed by atoms with Crippen LogP contribution in [0.15, 0.2) is 12.2 Å². The van der Waals surface area contributed by atoms with Gasteiger partial charge < -0.3 is 10.4 Å². The Balaban J connectivity index is 1.97. The van der Waals surface area contributed by atoms with E-state index >= 15 is 0 Å². The van der Waals surface area contributed by atoms with Crippen molar-refractivity contribution in [3.8, 4) is 0 Å². The van der Waals surface area contributed by atoms with Crippen molar-refractivity contribution < 1.29 is 14.7 Å². The van der Waals surface area contributed by atoms with Crippen LogP contribution in [0.2, 0.25) is 0 Å². The highest BCUT2D eigenvalue weighted by Gasteiger charge is 2.39. The third-order valence-corrected chi connectivity index (χ3v) is 3.52. The highest BCUT2D eigenvalue weighted by molar-refractivity contribution is 5.85. The number of allylic oxidation sites excluding steroid dienone is 2. The zero-order valence-electron chi connectivity index (χ0n) is 9.35. The third kappa shape index (κ3) is 2.26. The van der Waals surface area contributed by atoms with Crippen LogP contribution in [0.5, 0.6) is 0 Å². The zero-order chi connectivity index (χ0) is 11.7. The van der Waals surface area contributed by atoms with Crippen LogP contribution in [0.3, 0.4) is 0 Å². The van der Waals surface area contributed by atoms with E-state index in [1.165, 1.54) is 0 Å². The predicted molar refractivity (Wildman–Crippen MR) is 58.7 cm³/mol. The molecule has 0 aromatic carbocycles. The number of amides is 1. The van der Waals surface area contributed by atoms with E-state index in [9.17, 15) is 9.59 Å². The Morgan fingerprint density at radius 3 is 2.31 bits per heavy atom. The number of carboxylic acid groups (broad SMARTS) is 1. The van der Waals surface area contributed by atoms with Crippen LogP contribution in [-0.4, -0.2) is 23.0 Å². The van der Waals surface area contributed by atoms with Crippen LogP contribution < -0.4 is 5.32 Å². The quantitative estimate of drug-likeness (QED) is 0.706. The van der Waals surface area contributed by atoms with Crippen LogP contribution in [0.4, 0.5) is 0 Å². The summed E-state index contributed by atoms with van der Waals surface area (Å²) < 4.78 is 0. The van der Waals surface area contributed by atoms with Gasteiger partial charge in [0, 0.05) is 6.04 Å². The van der Waals surface area contributed by atoms with Crippen molar-refractivity contribution in [3.05, 3.63) is 12.2 Å². The average Bonchev–Trinajstić information content (AvgIpc) is 2.94. The normalized spacial score (nSPS) is 36.8. The van der Waals surface area contributed by atoms with Gasteiger partial charge in [-0.3, -0.25) is 9.59 Å². The minimum absolute atomic E-state index is 0.0916. The molecule has 2 rings (SSSR count). The van der Waals surface area contributed by atoms with E-state index in [1.807, 2.05) is 12.2 Å². The number of carbonyl (C=O) groups is 2. The first-order valence-corrected chi connectivity index (χ1v) is 5.77. The van der Waals surface area contributed by atoms with Gasteiger partial charge in [0.1, 0.15) is 0 Å². The molecule has 1 saturated carbocycles. The Labute approximate surface area is 94.7 Å². The molecule has 2 N–H and O–H groups in total. The summed E-state index contributed by atoms with van der Waals surface area (Å²) in [4.78, 5) is 22.9. The summed E-state index contributed by atoms with van der Waals surface area (Å²) >= 11 is 0. The van der Waals surface area contributed by atoms with E-state index in [0.29, 0.717) is 18.8 Å². The van der Waals surface area contributed by atoms with Crippen molar-refractivity contribution >= 4 is 11.9 Å². The number of hydrogen-bond acceptors (Lipinski definition) is 2. The molecule has 0 aromatic rings. The molecule has 2 aliphatic rings. The van der Waals surface area contributed by atoms with Crippen LogP contribution in [-0.2, 0) is 9.59 Å². The maximum Gasteiger partial charge on any atom is 0.307 e. The maximum atomic E-state index is 11.9. The lowest BCUT2D eigenvalue weighted by Crippen LogP contribution is -2.40. The fourth-order valence-electron chi connectivity index (χ4n) is 2.19. The number of carbonyl (C=O) groups excluding carboxylic acids is 1. The Bertz CT molecular complexity index is 337. The molecule has 2 aliphatic carbocycles. The number of hydrogen-bond donors (Lipinski definition) is 2. The Morgan fingerprint density at radius 1 is 1.25 bits per heavy atom. The molecule has 4 atom stereocenters. The molecule has 0 heterocycles. The fraction of sp³-hybridized carbons (Fsp3) is 0.667. The van der Waals surface area contributed by atoms with Crippen molar-refractivity contribution in [1.82, 2.24) is 5.32 Å². The van der Waals surface area contributed by atoms with Gasteiger partial charge in [-0.25, -0.2) is 0 Å². The molecule has 0 radical (unpaired) electrons. The zero-order valence-corrected chi connectivity index (χ0v) is 9.35. The van der Waals surface area contributed by atoms with Gasteiger partial charge in [0.2, 0.25) is 5.91 Å². The molecular weight excluding hydrogens is 206 g/mol. The highest BCUT2D eigenvalue weighted by atomic mass is 16.4. The van der Waals surface area contributed by atoms with E-state index in [0.717, 1.165) is 6.42 Å². The van der Waals surface area contributed by atoms with E-state index in [1.54, 1.807) is 0 Å². The third-order valence-electron chi connectivity index (χ3n) is 3.52. The van der Waals surface area contributed by atoms with Gasteiger partial charge in [-0.15, -0.1) is 0 Å². The Kier molecular flexibility index (Phi) is 2.99. The topological polar surface area (TPSA) is 66.4 Å². The van der Waals surface area contributed by atoms with Gasteiger partial charge in [0.25, 0.3) is 0 Å². The standard InChI is InChI=1S/C12H17NO3/c1-7-6-10(7)13-11(14)8-4-2-3-5-9(8)12(15)16/h2-3,7-10H,4-6H2,1H3,(H,13,14)(H,15,16). The molecule has 16 heavy (non-hydrogen) atoms. The molecular formula is C12H17NO3.